The van der Waals surface area contributed by atoms with Crippen LogP contribution in [0.2, 0.25) is 0 Å². The largest absolute Gasteiger partial charge is 0.493 e. The number of quaternary nitrogens is 2. The van der Waals surface area contributed by atoms with Crippen LogP contribution in [0.4, 0.5) is 0 Å². The van der Waals surface area contributed by atoms with E-state index in [1.807, 2.05) is 36.4 Å². The van der Waals surface area contributed by atoms with Crippen molar-refractivity contribution in [2.45, 2.75) is 44.2 Å². The molecule has 6 rings (SSSR count). The Morgan fingerprint density at radius 2 is 0.971 bits per heavy atom. The summed E-state index contributed by atoms with van der Waals surface area (Å²) in [5, 5.41) is -0.364. The van der Waals surface area contributed by atoms with Gasteiger partial charge < -0.3 is 65.8 Å². The SMILES string of the molecule is COc1cc2c(cc1OC)[C@H](c1cc(OC)c(OC)c(OC)c1)[N@@+](C)(CCCOC(=O)/C=C(/Cl)C(=O)OCCC[N@+]1(C)CCc3cc(OC)c(OC)cc3[C@H]1Cc1cc(OC)c(OC)c(OC)c1)CC2. The molecule has 0 radical (unpaired) electrons. The Morgan fingerprint density at radius 1 is 0.543 bits per heavy atom. The monoisotopic (exact) mass is 992 g/mol. The van der Waals surface area contributed by atoms with E-state index in [0.717, 1.165) is 59.8 Å². The number of carbonyl (C=O) groups is 2. The van der Waals surface area contributed by atoms with Gasteiger partial charge in [-0.25, -0.2) is 9.59 Å². The van der Waals surface area contributed by atoms with E-state index in [-0.39, 0.29) is 30.3 Å². The molecule has 70 heavy (non-hydrogen) atoms. The van der Waals surface area contributed by atoms with Crippen molar-refractivity contribution >= 4 is 23.5 Å². The lowest BCUT2D eigenvalue weighted by molar-refractivity contribution is -0.941. The maximum Gasteiger partial charge on any atom is 0.350 e. The van der Waals surface area contributed by atoms with E-state index >= 15 is 0 Å². The van der Waals surface area contributed by atoms with E-state index in [1.165, 1.54) is 5.56 Å². The Labute approximate surface area is 416 Å². The Bertz CT molecular complexity index is 2480. The van der Waals surface area contributed by atoms with Crippen LogP contribution in [0.3, 0.4) is 0 Å². The standard InChI is InChI=1S/C53H69ClN2O14/c1-55(19-15-34-26-41(59-3)43(61-5)30-37(34)40(55)23-33-24-45(63-7)51(67-11)46(25-33)64-8)17-13-22-70-53(58)39(54)32-49(57)69-21-14-18-56(2)20-16-35-27-42(60-4)44(62-6)31-38(35)50(56)36-28-47(65-9)52(68-12)48(29-36)66-10/h24-32,40,50H,13-23H2,1-12H3/q+2/b39-32+/t40-,50+,55-,56+/m1/s1. The van der Waals surface area contributed by atoms with Crippen LogP contribution >= 0.6 is 11.6 Å². The molecule has 4 atom stereocenters. The number of rotatable bonds is 23. The molecule has 2 heterocycles. The van der Waals surface area contributed by atoms with Gasteiger partial charge in [0.25, 0.3) is 0 Å². The van der Waals surface area contributed by atoms with Crippen molar-refractivity contribution in [2.24, 2.45) is 0 Å². The zero-order valence-electron chi connectivity index (χ0n) is 42.6. The Kier molecular flexibility index (Phi) is 17.9. The van der Waals surface area contributed by atoms with Crippen molar-refractivity contribution in [3.05, 3.63) is 93.0 Å². The summed E-state index contributed by atoms with van der Waals surface area (Å²) in [4.78, 5) is 26.1. The predicted molar refractivity (Wildman–Crippen MR) is 264 cm³/mol. The number of methoxy groups -OCH3 is 10. The molecular formula is C53H69ClN2O14+2. The Hall–Kier alpha value is -6.23. The predicted octanol–water partition coefficient (Wildman–Crippen LogP) is 7.84. The van der Waals surface area contributed by atoms with Gasteiger partial charge in [-0.05, 0) is 65.2 Å². The lowest BCUT2D eigenvalue weighted by Gasteiger charge is -2.46. The van der Waals surface area contributed by atoms with E-state index in [2.05, 4.69) is 26.2 Å². The van der Waals surface area contributed by atoms with Crippen LogP contribution in [0, 0.1) is 0 Å². The molecule has 0 saturated carbocycles. The van der Waals surface area contributed by atoms with Gasteiger partial charge in [-0.15, -0.1) is 0 Å². The first kappa shape index (κ1) is 53.1. The van der Waals surface area contributed by atoms with Gasteiger partial charge >= 0.3 is 11.9 Å². The summed E-state index contributed by atoms with van der Waals surface area (Å²) >= 11 is 6.36. The van der Waals surface area contributed by atoms with E-state index in [9.17, 15) is 9.59 Å². The van der Waals surface area contributed by atoms with Gasteiger partial charge in [-0.3, -0.25) is 0 Å². The lowest BCUT2D eigenvalue weighted by atomic mass is 9.85. The quantitative estimate of drug-likeness (QED) is 0.0308. The van der Waals surface area contributed by atoms with Crippen LogP contribution in [0.1, 0.15) is 58.3 Å². The molecule has 0 amide bonds. The number of fused-ring (bicyclic) bond motifs is 2. The zero-order valence-corrected chi connectivity index (χ0v) is 43.4. The van der Waals surface area contributed by atoms with E-state index in [1.54, 1.807) is 71.1 Å². The highest BCUT2D eigenvalue weighted by molar-refractivity contribution is 6.42. The third kappa shape index (κ3) is 11.3. The van der Waals surface area contributed by atoms with Gasteiger partial charge in [0, 0.05) is 54.9 Å². The molecule has 0 aromatic heterocycles. The summed E-state index contributed by atoms with van der Waals surface area (Å²) < 4.78 is 69.4. The fourth-order valence-corrected chi connectivity index (χ4v) is 10.3. The molecule has 0 aliphatic carbocycles. The molecule has 0 spiro atoms. The summed E-state index contributed by atoms with van der Waals surface area (Å²) in [6, 6.07) is 15.9. The number of nitrogens with zero attached hydrogens (tertiary/aromatic N) is 2. The maximum atomic E-state index is 13.1. The first-order valence-electron chi connectivity index (χ1n) is 23.2. The van der Waals surface area contributed by atoms with Crippen molar-refractivity contribution < 1.29 is 75.4 Å². The van der Waals surface area contributed by atoms with Crippen LogP contribution in [-0.4, -0.2) is 145 Å². The third-order valence-corrected chi connectivity index (χ3v) is 14.1. The van der Waals surface area contributed by atoms with Crippen LogP contribution in [0.25, 0.3) is 0 Å². The average molecular weight is 994 g/mol. The highest BCUT2D eigenvalue weighted by atomic mass is 35.5. The van der Waals surface area contributed by atoms with Crippen molar-refractivity contribution in [2.75, 3.05) is 125 Å². The normalized spacial score (nSPS) is 19.4. The van der Waals surface area contributed by atoms with Crippen LogP contribution in [0.15, 0.2) is 59.6 Å². The molecule has 4 aromatic carbocycles. The van der Waals surface area contributed by atoms with Gasteiger partial charge in [0.15, 0.2) is 46.0 Å². The molecule has 0 bridgehead atoms. The second-order valence-electron chi connectivity index (χ2n) is 17.8. The molecule has 2 aliphatic heterocycles. The first-order valence-corrected chi connectivity index (χ1v) is 23.5. The average Bonchev–Trinajstić information content (AvgIpc) is 3.37. The molecule has 4 aromatic rings. The van der Waals surface area contributed by atoms with E-state index in [0.29, 0.717) is 98.8 Å². The second kappa shape index (κ2) is 23.6. The van der Waals surface area contributed by atoms with Gasteiger partial charge in [0.2, 0.25) is 11.5 Å². The van der Waals surface area contributed by atoms with Crippen LogP contribution in [-0.2, 0) is 38.3 Å². The molecule has 16 nitrogen and oxygen atoms in total. The molecule has 2 aliphatic rings. The van der Waals surface area contributed by atoms with Crippen molar-refractivity contribution in [3.8, 4) is 57.5 Å². The molecule has 0 fully saturated rings. The van der Waals surface area contributed by atoms with Gasteiger partial charge in [0.1, 0.15) is 17.1 Å². The molecular weight excluding hydrogens is 924 g/mol. The van der Waals surface area contributed by atoms with Gasteiger partial charge in [-0.1, -0.05) is 11.6 Å². The number of halogens is 1. The smallest absolute Gasteiger partial charge is 0.350 e. The molecule has 0 unspecified atom stereocenters. The fraction of sp³-hybridized carbons (Fsp3) is 0.472. The minimum Gasteiger partial charge on any atom is -0.493 e. The van der Waals surface area contributed by atoms with Gasteiger partial charge in [0.05, 0.1) is 125 Å². The zero-order chi connectivity index (χ0) is 50.8. The van der Waals surface area contributed by atoms with Crippen molar-refractivity contribution in [1.29, 1.82) is 0 Å². The topological polar surface area (TPSA) is 145 Å². The molecule has 0 saturated heterocycles. The second-order valence-corrected chi connectivity index (χ2v) is 18.2. The van der Waals surface area contributed by atoms with Crippen LogP contribution < -0.4 is 47.4 Å². The number of ether oxygens (including phenoxy) is 12. The minimum atomic E-state index is -0.804. The number of hydrogen-bond acceptors (Lipinski definition) is 14. The maximum absolute atomic E-state index is 13.1. The van der Waals surface area contributed by atoms with Crippen molar-refractivity contribution in [1.82, 2.24) is 0 Å². The summed E-state index contributed by atoms with van der Waals surface area (Å²) in [6.45, 7) is 3.09. The number of benzene rings is 4. The summed E-state index contributed by atoms with van der Waals surface area (Å²) in [6.07, 6.45) is 4.24. The fourth-order valence-electron chi connectivity index (χ4n) is 10.2. The summed E-state index contributed by atoms with van der Waals surface area (Å²) in [5.74, 6) is 4.29. The molecule has 17 heteroatoms. The van der Waals surface area contributed by atoms with E-state index in [4.69, 9.17) is 68.4 Å². The third-order valence-electron chi connectivity index (χ3n) is 13.8. The van der Waals surface area contributed by atoms with Crippen LogP contribution in [0.5, 0.6) is 57.5 Å². The Balaban J connectivity index is 1.10. The van der Waals surface area contributed by atoms with Gasteiger partial charge in [-0.2, -0.15) is 0 Å². The first-order chi connectivity index (χ1) is 33.7. The number of esters is 2. The number of carbonyl (C=O) groups excluding carboxylic acids is 2. The minimum absolute atomic E-state index is 0.0244. The number of likely N-dealkylation sites (N-methyl/N-ethyl adjacent to an activating group) is 2. The molecule has 380 valence electrons. The Morgan fingerprint density at radius 3 is 1.47 bits per heavy atom. The molecule has 0 N–H and O–H groups in total. The summed E-state index contributed by atoms with van der Waals surface area (Å²) in [5.41, 5.74) is 6.47. The highest BCUT2D eigenvalue weighted by Gasteiger charge is 2.43. The number of hydrogen-bond donors (Lipinski definition) is 0. The van der Waals surface area contributed by atoms with E-state index < -0.39 is 11.9 Å². The summed E-state index contributed by atoms with van der Waals surface area (Å²) in [7, 11) is 20.5. The van der Waals surface area contributed by atoms with Crippen molar-refractivity contribution in [3.63, 3.8) is 0 Å². The lowest BCUT2D eigenvalue weighted by Crippen LogP contribution is -2.52. The highest BCUT2D eigenvalue weighted by Crippen LogP contribution is 2.49.